The summed E-state index contributed by atoms with van der Waals surface area (Å²) in [4.78, 5) is 8.70. The van der Waals surface area contributed by atoms with Crippen LogP contribution in [-0.2, 0) is 0 Å². The molecule has 1 N–H and O–H groups in total. The first-order valence-electron chi connectivity index (χ1n) is 7.50. The predicted octanol–water partition coefficient (Wildman–Crippen LogP) is 3.65. The van der Waals surface area contributed by atoms with Gasteiger partial charge in [0, 0.05) is 18.3 Å². The number of rotatable bonds is 5. The quantitative estimate of drug-likeness (QED) is 0.824. The average molecular weight is 263 g/mol. The minimum Gasteiger partial charge on any atom is -0.478 e. The van der Waals surface area contributed by atoms with Crippen LogP contribution in [0.3, 0.4) is 0 Å². The van der Waals surface area contributed by atoms with E-state index in [2.05, 4.69) is 29.1 Å². The van der Waals surface area contributed by atoms with Crippen LogP contribution in [0.4, 0.5) is 5.95 Å². The van der Waals surface area contributed by atoms with E-state index < -0.39 is 0 Å². The summed E-state index contributed by atoms with van der Waals surface area (Å²) in [6, 6.07) is 2.32. The van der Waals surface area contributed by atoms with E-state index in [0.717, 1.165) is 12.3 Å². The van der Waals surface area contributed by atoms with Crippen molar-refractivity contribution >= 4 is 5.95 Å². The Morgan fingerprint density at radius 1 is 1.32 bits per heavy atom. The van der Waals surface area contributed by atoms with E-state index in [4.69, 9.17) is 4.74 Å². The Hall–Kier alpha value is -1.32. The summed E-state index contributed by atoms with van der Waals surface area (Å²) in [6.45, 7) is 5.14. The van der Waals surface area contributed by atoms with Crippen molar-refractivity contribution in [2.45, 2.75) is 58.4 Å². The molecule has 1 aromatic heterocycles. The summed E-state index contributed by atoms with van der Waals surface area (Å²) in [5, 5.41) is 3.46. The van der Waals surface area contributed by atoms with Gasteiger partial charge in [0.05, 0.1) is 6.61 Å². The molecule has 19 heavy (non-hydrogen) atoms. The highest BCUT2D eigenvalue weighted by Crippen LogP contribution is 2.24. The van der Waals surface area contributed by atoms with E-state index in [1.807, 2.05) is 6.07 Å². The maximum atomic E-state index is 5.54. The van der Waals surface area contributed by atoms with Crippen molar-refractivity contribution in [2.24, 2.45) is 5.92 Å². The Balaban J connectivity index is 1.90. The minimum atomic E-state index is 0.506. The van der Waals surface area contributed by atoms with Crippen LogP contribution in [0.1, 0.15) is 52.4 Å². The van der Waals surface area contributed by atoms with Gasteiger partial charge in [-0.15, -0.1) is 0 Å². The highest BCUT2D eigenvalue weighted by molar-refractivity contribution is 5.28. The second-order valence-corrected chi connectivity index (χ2v) is 5.52. The smallest absolute Gasteiger partial charge is 0.226 e. The molecule has 0 aliphatic heterocycles. The van der Waals surface area contributed by atoms with E-state index >= 15 is 0 Å². The van der Waals surface area contributed by atoms with Crippen molar-refractivity contribution in [1.29, 1.82) is 0 Å². The summed E-state index contributed by atoms with van der Waals surface area (Å²) in [5.41, 5.74) is 0. The lowest BCUT2D eigenvalue weighted by molar-refractivity contribution is 0.305. The lowest BCUT2D eigenvalue weighted by atomic mass is 10.0. The molecular weight excluding hydrogens is 238 g/mol. The van der Waals surface area contributed by atoms with Gasteiger partial charge in [0.25, 0.3) is 0 Å². The van der Waals surface area contributed by atoms with Gasteiger partial charge in [0.2, 0.25) is 11.8 Å². The van der Waals surface area contributed by atoms with Crippen molar-refractivity contribution < 1.29 is 4.74 Å². The molecule has 1 aliphatic rings. The molecule has 0 spiro atoms. The number of ether oxygens (including phenoxy) is 1. The Kier molecular flexibility index (Phi) is 5.43. The molecule has 1 heterocycles. The summed E-state index contributed by atoms with van der Waals surface area (Å²) >= 11 is 0. The van der Waals surface area contributed by atoms with Gasteiger partial charge >= 0.3 is 0 Å². The molecule has 106 valence electrons. The van der Waals surface area contributed by atoms with Crippen molar-refractivity contribution in [3.05, 3.63) is 12.3 Å². The molecule has 0 aromatic carbocycles. The molecule has 0 saturated heterocycles. The van der Waals surface area contributed by atoms with Crippen LogP contribution in [0.25, 0.3) is 0 Å². The van der Waals surface area contributed by atoms with E-state index in [-0.39, 0.29) is 0 Å². The highest BCUT2D eigenvalue weighted by atomic mass is 16.5. The zero-order chi connectivity index (χ0) is 13.5. The summed E-state index contributed by atoms with van der Waals surface area (Å²) in [6.07, 6.45) is 9.12. The number of nitrogens with one attached hydrogen (secondary N) is 1. The molecule has 4 heteroatoms. The van der Waals surface area contributed by atoms with E-state index in [9.17, 15) is 0 Å². The molecule has 0 bridgehead atoms. The molecular formula is C15H25N3O. The van der Waals surface area contributed by atoms with E-state index in [1.165, 1.54) is 32.1 Å². The fourth-order valence-corrected chi connectivity index (χ4v) is 2.51. The van der Waals surface area contributed by atoms with Crippen LogP contribution in [0.2, 0.25) is 0 Å². The fourth-order valence-electron chi connectivity index (χ4n) is 2.51. The van der Waals surface area contributed by atoms with Gasteiger partial charge in [-0.25, -0.2) is 4.98 Å². The van der Waals surface area contributed by atoms with Crippen LogP contribution in [0.15, 0.2) is 12.3 Å². The molecule has 2 atom stereocenters. The standard InChI is InChI=1S/C15H25N3O/c1-3-11-19-14-9-10-16-15(18-14)17-13-6-4-5-12(2)7-8-13/h9-10,12-13H,3-8,11H2,1-2H3,(H,16,17,18). The summed E-state index contributed by atoms with van der Waals surface area (Å²) in [7, 11) is 0. The molecule has 2 rings (SSSR count). The second kappa shape index (κ2) is 7.31. The maximum absolute atomic E-state index is 5.54. The van der Waals surface area contributed by atoms with Gasteiger partial charge in [-0.1, -0.05) is 26.7 Å². The molecule has 0 radical (unpaired) electrons. The van der Waals surface area contributed by atoms with Gasteiger partial charge < -0.3 is 10.1 Å². The average Bonchev–Trinajstić information content (AvgIpc) is 2.62. The van der Waals surface area contributed by atoms with Gasteiger partial charge in [0.1, 0.15) is 0 Å². The number of aromatic nitrogens is 2. The molecule has 1 fully saturated rings. The Labute approximate surface area is 116 Å². The van der Waals surface area contributed by atoms with Crippen molar-refractivity contribution in [3.8, 4) is 5.88 Å². The first kappa shape index (κ1) is 14.1. The molecule has 0 amide bonds. The lowest BCUT2D eigenvalue weighted by Crippen LogP contribution is -2.20. The minimum absolute atomic E-state index is 0.506. The van der Waals surface area contributed by atoms with Crippen LogP contribution in [-0.4, -0.2) is 22.6 Å². The van der Waals surface area contributed by atoms with Crippen LogP contribution < -0.4 is 10.1 Å². The topological polar surface area (TPSA) is 47.0 Å². The SMILES string of the molecule is CCCOc1ccnc(NC2CCCC(C)CC2)n1. The van der Waals surface area contributed by atoms with Crippen molar-refractivity contribution in [3.63, 3.8) is 0 Å². The van der Waals surface area contributed by atoms with Crippen LogP contribution in [0.5, 0.6) is 5.88 Å². The van der Waals surface area contributed by atoms with Gasteiger partial charge in [-0.05, 0) is 31.6 Å². The van der Waals surface area contributed by atoms with Crippen LogP contribution in [0, 0.1) is 5.92 Å². The third kappa shape index (κ3) is 4.69. The van der Waals surface area contributed by atoms with Gasteiger partial charge in [-0.3, -0.25) is 0 Å². The third-order valence-electron chi connectivity index (χ3n) is 3.67. The predicted molar refractivity (Wildman–Crippen MR) is 77.5 cm³/mol. The van der Waals surface area contributed by atoms with Crippen LogP contribution >= 0.6 is 0 Å². The first-order valence-corrected chi connectivity index (χ1v) is 7.50. The first-order chi connectivity index (χ1) is 9.28. The monoisotopic (exact) mass is 263 g/mol. The molecule has 1 saturated carbocycles. The number of nitrogens with zero attached hydrogens (tertiary/aromatic N) is 2. The lowest BCUT2D eigenvalue weighted by Gasteiger charge is -2.16. The fraction of sp³-hybridized carbons (Fsp3) is 0.733. The Morgan fingerprint density at radius 2 is 2.21 bits per heavy atom. The Bertz CT molecular complexity index is 383. The van der Waals surface area contributed by atoms with Gasteiger partial charge in [-0.2, -0.15) is 4.98 Å². The largest absolute Gasteiger partial charge is 0.478 e. The third-order valence-corrected chi connectivity index (χ3v) is 3.67. The Morgan fingerprint density at radius 3 is 3.05 bits per heavy atom. The normalized spacial score (nSPS) is 23.7. The summed E-state index contributed by atoms with van der Waals surface area (Å²) in [5.74, 6) is 2.22. The van der Waals surface area contributed by atoms with E-state index in [1.54, 1.807) is 6.20 Å². The molecule has 1 aliphatic carbocycles. The maximum Gasteiger partial charge on any atom is 0.226 e. The summed E-state index contributed by atoms with van der Waals surface area (Å²) < 4.78 is 5.54. The highest BCUT2D eigenvalue weighted by Gasteiger charge is 2.16. The second-order valence-electron chi connectivity index (χ2n) is 5.52. The number of anilines is 1. The van der Waals surface area contributed by atoms with Gasteiger partial charge in [0.15, 0.2) is 0 Å². The number of hydrogen-bond acceptors (Lipinski definition) is 4. The molecule has 2 unspecified atom stereocenters. The molecule has 4 nitrogen and oxygen atoms in total. The van der Waals surface area contributed by atoms with Crippen molar-refractivity contribution in [1.82, 2.24) is 9.97 Å². The zero-order valence-corrected chi connectivity index (χ0v) is 12.1. The number of hydrogen-bond donors (Lipinski definition) is 1. The van der Waals surface area contributed by atoms with Crippen molar-refractivity contribution in [2.75, 3.05) is 11.9 Å². The van der Waals surface area contributed by atoms with E-state index in [0.29, 0.717) is 24.5 Å². The molecule has 1 aromatic rings. The zero-order valence-electron chi connectivity index (χ0n) is 12.1.